The highest BCUT2D eigenvalue weighted by Gasteiger charge is 2.40. The zero-order chi connectivity index (χ0) is 17.8. The maximum Gasteiger partial charge on any atom is 0.222 e. The van der Waals surface area contributed by atoms with Gasteiger partial charge in [-0.1, -0.05) is 6.07 Å². The topological polar surface area (TPSA) is 45.7 Å². The van der Waals surface area contributed by atoms with Gasteiger partial charge >= 0.3 is 0 Å². The van der Waals surface area contributed by atoms with Gasteiger partial charge in [0.25, 0.3) is 0 Å². The van der Waals surface area contributed by atoms with E-state index in [0.717, 1.165) is 37.8 Å². The third-order valence-corrected chi connectivity index (χ3v) is 6.62. The Morgan fingerprint density at radius 3 is 2.85 bits per heavy atom. The molecule has 5 nitrogen and oxygen atoms in total. The van der Waals surface area contributed by atoms with Crippen LogP contribution in [0.15, 0.2) is 24.4 Å². The van der Waals surface area contributed by atoms with Crippen LogP contribution in [0.25, 0.3) is 0 Å². The molecule has 0 N–H and O–H groups in total. The van der Waals surface area contributed by atoms with Gasteiger partial charge in [0.05, 0.1) is 12.2 Å². The highest BCUT2D eigenvalue weighted by molar-refractivity contribution is 5.77. The molecule has 1 aromatic heterocycles. The van der Waals surface area contributed by atoms with Crippen LogP contribution in [0.5, 0.6) is 0 Å². The van der Waals surface area contributed by atoms with Crippen LogP contribution in [0.3, 0.4) is 0 Å². The Hall–Kier alpha value is -1.46. The fraction of sp³-hybridized carbons (Fsp3) is 0.714. The zero-order valence-corrected chi connectivity index (χ0v) is 15.7. The molecule has 0 unspecified atom stereocenters. The summed E-state index contributed by atoms with van der Waals surface area (Å²) in [6.45, 7) is 7.05. The minimum absolute atomic E-state index is 0.296. The van der Waals surface area contributed by atoms with Crippen molar-refractivity contribution in [2.75, 3.05) is 39.4 Å². The second-order valence-corrected chi connectivity index (χ2v) is 8.43. The molecule has 0 saturated carbocycles. The number of aromatic nitrogens is 1. The van der Waals surface area contributed by atoms with Gasteiger partial charge in [0, 0.05) is 32.4 Å². The monoisotopic (exact) mass is 357 g/mol. The van der Waals surface area contributed by atoms with Gasteiger partial charge in [-0.2, -0.15) is 0 Å². The van der Waals surface area contributed by atoms with E-state index in [1.54, 1.807) is 0 Å². The summed E-state index contributed by atoms with van der Waals surface area (Å²) in [5.41, 5.74) is 1.32. The second kappa shape index (κ2) is 8.05. The summed E-state index contributed by atoms with van der Waals surface area (Å²) in [6, 6.07) is 5.95. The summed E-state index contributed by atoms with van der Waals surface area (Å²) in [5.74, 6) is 1.07. The first kappa shape index (κ1) is 17.9. The van der Waals surface area contributed by atoms with Crippen LogP contribution >= 0.6 is 0 Å². The fourth-order valence-electron chi connectivity index (χ4n) is 4.77. The number of rotatable bonds is 5. The van der Waals surface area contributed by atoms with Crippen LogP contribution in [0.2, 0.25) is 0 Å². The van der Waals surface area contributed by atoms with E-state index < -0.39 is 0 Å². The average molecular weight is 357 g/mol. The Morgan fingerprint density at radius 1 is 1.23 bits per heavy atom. The molecule has 1 amide bonds. The molecule has 0 radical (unpaired) electrons. The molecular formula is C21H31N3O2. The van der Waals surface area contributed by atoms with Crippen LogP contribution < -0.4 is 0 Å². The molecular weight excluding hydrogens is 326 g/mol. The Labute approximate surface area is 156 Å². The summed E-state index contributed by atoms with van der Waals surface area (Å²) in [5, 5.41) is 0. The predicted octanol–water partition coefficient (Wildman–Crippen LogP) is 2.71. The van der Waals surface area contributed by atoms with E-state index >= 15 is 0 Å². The Morgan fingerprint density at radius 2 is 2.12 bits per heavy atom. The third kappa shape index (κ3) is 4.26. The molecule has 1 atom stereocenters. The van der Waals surface area contributed by atoms with Crippen molar-refractivity contribution in [3.63, 3.8) is 0 Å². The lowest BCUT2D eigenvalue weighted by Crippen LogP contribution is -2.51. The van der Waals surface area contributed by atoms with Crippen LogP contribution in [-0.2, 0) is 16.1 Å². The average Bonchev–Trinajstić information content (AvgIpc) is 3.19. The smallest absolute Gasteiger partial charge is 0.222 e. The fourth-order valence-corrected chi connectivity index (χ4v) is 4.77. The predicted molar refractivity (Wildman–Crippen MR) is 101 cm³/mol. The minimum Gasteiger partial charge on any atom is -0.381 e. The molecule has 0 aliphatic carbocycles. The molecule has 1 spiro atoms. The zero-order valence-electron chi connectivity index (χ0n) is 15.7. The second-order valence-electron chi connectivity index (χ2n) is 8.43. The van der Waals surface area contributed by atoms with Crippen molar-refractivity contribution in [3.8, 4) is 0 Å². The molecule has 3 aliphatic heterocycles. The summed E-state index contributed by atoms with van der Waals surface area (Å²) < 4.78 is 5.50. The molecule has 4 rings (SSSR count). The van der Waals surface area contributed by atoms with E-state index in [9.17, 15) is 4.79 Å². The molecule has 142 valence electrons. The van der Waals surface area contributed by atoms with E-state index in [2.05, 4.69) is 14.8 Å². The van der Waals surface area contributed by atoms with Crippen molar-refractivity contribution >= 4 is 5.91 Å². The third-order valence-electron chi connectivity index (χ3n) is 6.62. The van der Waals surface area contributed by atoms with Gasteiger partial charge in [0.2, 0.25) is 5.91 Å². The molecule has 4 heterocycles. The first-order valence-corrected chi connectivity index (χ1v) is 10.2. The largest absolute Gasteiger partial charge is 0.381 e. The lowest BCUT2D eigenvalue weighted by Gasteiger charge is -2.47. The molecule has 26 heavy (non-hydrogen) atoms. The Bertz CT molecular complexity index is 593. The van der Waals surface area contributed by atoms with Crippen LogP contribution in [0.4, 0.5) is 0 Å². The SMILES string of the molecule is O=C1CCC2(CCN(CC[C@@H]3CCOC3)CC2)CN1Cc1ccccn1. The first-order chi connectivity index (χ1) is 12.7. The normalized spacial score (nSPS) is 26.5. The number of pyridine rings is 1. The van der Waals surface area contributed by atoms with Crippen molar-refractivity contribution in [1.29, 1.82) is 0 Å². The van der Waals surface area contributed by atoms with Crippen molar-refractivity contribution < 1.29 is 9.53 Å². The summed E-state index contributed by atoms with van der Waals surface area (Å²) in [6.07, 6.45) is 8.54. The molecule has 5 heteroatoms. The molecule has 3 saturated heterocycles. The highest BCUT2D eigenvalue weighted by atomic mass is 16.5. The van der Waals surface area contributed by atoms with Crippen LogP contribution in [0.1, 0.15) is 44.2 Å². The summed E-state index contributed by atoms with van der Waals surface area (Å²) >= 11 is 0. The molecule has 3 aliphatic rings. The lowest BCUT2D eigenvalue weighted by molar-refractivity contribution is -0.140. The van der Waals surface area contributed by atoms with E-state index in [1.165, 1.54) is 45.3 Å². The number of amides is 1. The maximum atomic E-state index is 12.4. The number of piperidine rings is 2. The minimum atomic E-state index is 0.296. The molecule has 0 bridgehead atoms. The van der Waals surface area contributed by atoms with Crippen molar-refractivity contribution in [1.82, 2.24) is 14.8 Å². The van der Waals surface area contributed by atoms with Gasteiger partial charge in [-0.25, -0.2) is 0 Å². The van der Waals surface area contributed by atoms with Gasteiger partial charge in [-0.05, 0) is 75.2 Å². The Balaban J connectivity index is 1.29. The van der Waals surface area contributed by atoms with E-state index in [0.29, 0.717) is 24.3 Å². The number of carbonyl (C=O) groups excluding carboxylic acids is 1. The van der Waals surface area contributed by atoms with Crippen molar-refractivity contribution in [3.05, 3.63) is 30.1 Å². The van der Waals surface area contributed by atoms with E-state index in [4.69, 9.17) is 4.74 Å². The van der Waals surface area contributed by atoms with Crippen LogP contribution in [0, 0.1) is 11.3 Å². The van der Waals surface area contributed by atoms with Gasteiger partial charge in [-0.3, -0.25) is 9.78 Å². The number of carbonyl (C=O) groups is 1. The van der Waals surface area contributed by atoms with Gasteiger partial charge in [-0.15, -0.1) is 0 Å². The molecule has 0 aromatic carbocycles. The maximum absolute atomic E-state index is 12.4. The van der Waals surface area contributed by atoms with Crippen molar-refractivity contribution in [2.45, 2.75) is 45.1 Å². The summed E-state index contributed by atoms with van der Waals surface area (Å²) in [4.78, 5) is 21.5. The van der Waals surface area contributed by atoms with Gasteiger partial charge < -0.3 is 14.5 Å². The number of likely N-dealkylation sites (tertiary alicyclic amines) is 2. The van der Waals surface area contributed by atoms with Crippen LogP contribution in [-0.4, -0.2) is 60.1 Å². The number of hydrogen-bond donors (Lipinski definition) is 0. The Kier molecular flexibility index (Phi) is 5.55. The quantitative estimate of drug-likeness (QED) is 0.813. The van der Waals surface area contributed by atoms with Crippen molar-refractivity contribution in [2.24, 2.45) is 11.3 Å². The number of ether oxygens (including phenoxy) is 1. The first-order valence-electron chi connectivity index (χ1n) is 10.2. The highest BCUT2D eigenvalue weighted by Crippen LogP contribution is 2.40. The van der Waals surface area contributed by atoms with Gasteiger partial charge in [0.1, 0.15) is 0 Å². The van der Waals surface area contributed by atoms with E-state index in [1.807, 2.05) is 24.4 Å². The lowest BCUT2D eigenvalue weighted by atomic mass is 9.72. The number of nitrogens with zero attached hydrogens (tertiary/aromatic N) is 3. The summed E-state index contributed by atoms with van der Waals surface area (Å²) in [7, 11) is 0. The van der Waals surface area contributed by atoms with E-state index in [-0.39, 0.29) is 0 Å². The standard InChI is InChI=1S/C21H31N3O2/c25-20-4-7-21(17-24(20)15-19-3-1-2-10-22-19)8-12-23(13-9-21)11-5-18-6-14-26-16-18/h1-3,10,18H,4-9,11-17H2/t18-/m1/s1. The molecule has 3 fully saturated rings. The van der Waals surface area contributed by atoms with Gasteiger partial charge in [0.15, 0.2) is 0 Å². The molecule has 1 aromatic rings. The number of hydrogen-bond acceptors (Lipinski definition) is 4.